The number of hydrogen-bond acceptors (Lipinski definition) is 4. The van der Waals surface area contributed by atoms with Crippen LogP contribution in [-0.4, -0.2) is 64.6 Å². The number of hydrogen-bond donors (Lipinski definition) is 1. The highest BCUT2D eigenvalue weighted by Crippen LogP contribution is 2.45. The molecule has 5 nitrogen and oxygen atoms in total. The molecule has 5 heteroatoms. The molecule has 1 aliphatic carbocycles. The lowest BCUT2D eigenvalue weighted by Crippen LogP contribution is -2.53. The van der Waals surface area contributed by atoms with Crippen LogP contribution < -0.4 is 0 Å². The number of aliphatic hydroxyl groups is 1. The van der Waals surface area contributed by atoms with E-state index in [1.807, 2.05) is 4.90 Å². The summed E-state index contributed by atoms with van der Waals surface area (Å²) in [5, 5.41) is 10.1. The van der Waals surface area contributed by atoms with Crippen molar-refractivity contribution in [2.24, 2.45) is 11.3 Å². The monoisotopic (exact) mass is 357 g/mol. The van der Waals surface area contributed by atoms with Crippen LogP contribution in [0.4, 0.5) is 0 Å². The summed E-state index contributed by atoms with van der Waals surface area (Å²) < 4.78 is 0. The number of nitrogens with zero attached hydrogens (tertiary/aromatic N) is 3. The summed E-state index contributed by atoms with van der Waals surface area (Å²) in [6, 6.07) is 4.15. The van der Waals surface area contributed by atoms with Gasteiger partial charge in [-0.1, -0.05) is 12.8 Å². The Morgan fingerprint density at radius 3 is 2.54 bits per heavy atom. The lowest BCUT2D eigenvalue weighted by atomic mass is 9.75. The van der Waals surface area contributed by atoms with E-state index in [4.69, 9.17) is 0 Å². The second-order valence-electron chi connectivity index (χ2n) is 8.64. The van der Waals surface area contributed by atoms with E-state index < -0.39 is 0 Å². The van der Waals surface area contributed by atoms with Gasteiger partial charge in [0.1, 0.15) is 0 Å². The first-order chi connectivity index (χ1) is 12.7. The molecule has 3 heterocycles. The van der Waals surface area contributed by atoms with Gasteiger partial charge in [-0.25, -0.2) is 0 Å². The second kappa shape index (κ2) is 7.65. The summed E-state index contributed by atoms with van der Waals surface area (Å²) in [5.41, 5.74) is 0.865. The predicted molar refractivity (Wildman–Crippen MR) is 101 cm³/mol. The molecule has 1 N–H and O–H groups in total. The minimum absolute atomic E-state index is 0.128. The summed E-state index contributed by atoms with van der Waals surface area (Å²) >= 11 is 0. The van der Waals surface area contributed by atoms with Crippen LogP contribution in [0.2, 0.25) is 0 Å². The Bertz CT molecular complexity index is 611. The third-order valence-corrected chi connectivity index (χ3v) is 6.64. The highest BCUT2D eigenvalue weighted by Gasteiger charge is 2.41. The normalized spacial score (nSPS) is 28.3. The Morgan fingerprint density at radius 2 is 1.88 bits per heavy atom. The quantitative estimate of drug-likeness (QED) is 0.880. The summed E-state index contributed by atoms with van der Waals surface area (Å²) in [6.07, 6.45) is 11.8. The van der Waals surface area contributed by atoms with Crippen LogP contribution in [0.3, 0.4) is 0 Å². The second-order valence-corrected chi connectivity index (χ2v) is 8.64. The number of aliphatic hydroxyl groups excluding tert-OH is 1. The number of likely N-dealkylation sites (tertiary alicyclic amines) is 2. The van der Waals surface area contributed by atoms with Crippen LogP contribution in [0.5, 0.6) is 0 Å². The number of carbonyl (C=O) groups excluding carboxylic acids is 1. The zero-order valence-corrected chi connectivity index (χ0v) is 15.6. The fourth-order valence-corrected chi connectivity index (χ4v) is 4.96. The Balaban J connectivity index is 1.33. The molecule has 1 aromatic rings. The van der Waals surface area contributed by atoms with Crippen molar-refractivity contribution in [1.82, 2.24) is 14.8 Å². The van der Waals surface area contributed by atoms with E-state index in [1.165, 1.54) is 32.1 Å². The lowest BCUT2D eigenvalue weighted by Gasteiger charge is -2.47. The molecule has 1 amide bonds. The van der Waals surface area contributed by atoms with E-state index in [0.717, 1.165) is 50.5 Å². The third-order valence-electron chi connectivity index (χ3n) is 6.64. The van der Waals surface area contributed by atoms with Gasteiger partial charge >= 0.3 is 0 Å². The van der Waals surface area contributed by atoms with Crippen molar-refractivity contribution in [3.63, 3.8) is 0 Å². The molecule has 26 heavy (non-hydrogen) atoms. The van der Waals surface area contributed by atoms with Crippen LogP contribution in [0.25, 0.3) is 0 Å². The topological polar surface area (TPSA) is 56.7 Å². The minimum atomic E-state index is 0.128. The lowest BCUT2D eigenvalue weighted by molar-refractivity contribution is -0.00962. The van der Waals surface area contributed by atoms with E-state index in [9.17, 15) is 9.90 Å². The van der Waals surface area contributed by atoms with Crippen molar-refractivity contribution in [2.45, 2.75) is 51.0 Å². The number of rotatable bonds is 5. The Labute approximate surface area is 156 Å². The highest BCUT2D eigenvalue weighted by atomic mass is 16.3. The average Bonchev–Trinajstić information content (AvgIpc) is 3.52. The zero-order valence-electron chi connectivity index (χ0n) is 15.6. The largest absolute Gasteiger partial charge is 0.396 e. The first-order valence-electron chi connectivity index (χ1n) is 10.2. The Hall–Kier alpha value is -1.46. The van der Waals surface area contributed by atoms with Gasteiger partial charge in [0.25, 0.3) is 5.91 Å². The molecule has 3 fully saturated rings. The van der Waals surface area contributed by atoms with E-state index in [2.05, 4.69) is 9.88 Å². The van der Waals surface area contributed by atoms with E-state index >= 15 is 0 Å². The van der Waals surface area contributed by atoms with E-state index in [1.54, 1.807) is 24.5 Å². The van der Waals surface area contributed by atoms with Gasteiger partial charge < -0.3 is 10.0 Å². The summed E-state index contributed by atoms with van der Waals surface area (Å²) in [4.78, 5) is 21.2. The first kappa shape index (κ1) is 17.9. The van der Waals surface area contributed by atoms with Gasteiger partial charge in [-0.2, -0.15) is 0 Å². The molecule has 2 saturated heterocycles. The number of piperidine rings is 2. The standard InChI is InChI=1S/C21H31N3O2/c25-16-21(14-17-2-3-17)8-1-11-24(15-21)19-6-12-23(13-7-19)20(26)18-4-9-22-10-5-18/h4-5,9-10,17,19,25H,1-3,6-8,11-16H2. The molecule has 2 aliphatic heterocycles. The third kappa shape index (κ3) is 3.94. The molecule has 142 valence electrons. The van der Waals surface area contributed by atoms with Gasteiger partial charge in [-0.3, -0.25) is 14.7 Å². The number of aromatic nitrogens is 1. The van der Waals surface area contributed by atoms with Crippen LogP contribution in [0.1, 0.15) is 55.3 Å². The molecule has 1 unspecified atom stereocenters. The molecule has 0 aromatic carbocycles. The van der Waals surface area contributed by atoms with Crippen molar-refractivity contribution in [2.75, 3.05) is 32.8 Å². The molecule has 0 radical (unpaired) electrons. The Kier molecular flexibility index (Phi) is 5.28. The van der Waals surface area contributed by atoms with E-state index in [-0.39, 0.29) is 11.3 Å². The van der Waals surface area contributed by atoms with Gasteiger partial charge in [0.05, 0.1) is 0 Å². The van der Waals surface area contributed by atoms with Crippen LogP contribution in [0.15, 0.2) is 24.5 Å². The van der Waals surface area contributed by atoms with E-state index in [0.29, 0.717) is 12.6 Å². The molecule has 1 atom stereocenters. The van der Waals surface area contributed by atoms with Gasteiger partial charge in [-0.15, -0.1) is 0 Å². The predicted octanol–water partition coefficient (Wildman–Crippen LogP) is 2.56. The number of pyridine rings is 1. The molecule has 0 spiro atoms. The maximum absolute atomic E-state index is 12.6. The molecule has 1 aromatic heterocycles. The molecule has 4 rings (SSSR count). The molecule has 0 bridgehead atoms. The average molecular weight is 357 g/mol. The van der Waals surface area contributed by atoms with Crippen molar-refractivity contribution in [3.8, 4) is 0 Å². The van der Waals surface area contributed by atoms with Crippen molar-refractivity contribution >= 4 is 5.91 Å². The Morgan fingerprint density at radius 1 is 1.15 bits per heavy atom. The van der Waals surface area contributed by atoms with Crippen LogP contribution in [0, 0.1) is 11.3 Å². The van der Waals surface area contributed by atoms with Gasteiger partial charge in [0.15, 0.2) is 0 Å². The van der Waals surface area contributed by atoms with Gasteiger partial charge in [0, 0.05) is 55.7 Å². The smallest absolute Gasteiger partial charge is 0.253 e. The van der Waals surface area contributed by atoms with Crippen LogP contribution >= 0.6 is 0 Å². The summed E-state index contributed by atoms with van der Waals surface area (Å²) in [5.74, 6) is 0.991. The zero-order chi connectivity index (χ0) is 18.0. The summed E-state index contributed by atoms with van der Waals surface area (Å²) in [7, 11) is 0. The number of carbonyl (C=O) groups is 1. The first-order valence-corrected chi connectivity index (χ1v) is 10.2. The van der Waals surface area contributed by atoms with Crippen molar-refractivity contribution in [1.29, 1.82) is 0 Å². The maximum atomic E-state index is 12.6. The van der Waals surface area contributed by atoms with Gasteiger partial charge in [0.2, 0.25) is 0 Å². The molecular weight excluding hydrogens is 326 g/mol. The minimum Gasteiger partial charge on any atom is -0.396 e. The highest BCUT2D eigenvalue weighted by molar-refractivity contribution is 5.94. The maximum Gasteiger partial charge on any atom is 0.253 e. The molecular formula is C21H31N3O2. The molecule has 1 saturated carbocycles. The van der Waals surface area contributed by atoms with Crippen molar-refractivity contribution in [3.05, 3.63) is 30.1 Å². The van der Waals surface area contributed by atoms with Crippen LogP contribution in [-0.2, 0) is 0 Å². The fraction of sp³-hybridized carbons (Fsp3) is 0.714. The van der Waals surface area contributed by atoms with Gasteiger partial charge in [-0.05, 0) is 56.7 Å². The fourth-order valence-electron chi connectivity index (χ4n) is 4.96. The van der Waals surface area contributed by atoms with Crippen molar-refractivity contribution < 1.29 is 9.90 Å². The summed E-state index contributed by atoms with van der Waals surface area (Å²) in [6.45, 7) is 4.19. The molecule has 3 aliphatic rings. The SMILES string of the molecule is O=C(c1ccncc1)N1CCC(N2CCCC(CO)(CC3CC3)C2)CC1. The number of amides is 1.